The lowest BCUT2D eigenvalue weighted by atomic mass is 10.1. The Morgan fingerprint density at radius 1 is 1.07 bits per heavy atom. The fourth-order valence-electron chi connectivity index (χ4n) is 4.56. The van der Waals surface area contributed by atoms with Crippen molar-refractivity contribution in [2.24, 2.45) is 4.36 Å². The van der Waals surface area contributed by atoms with Gasteiger partial charge in [-0.05, 0) is 67.1 Å². The van der Waals surface area contributed by atoms with Crippen LogP contribution < -0.4 is 9.46 Å². The van der Waals surface area contributed by atoms with Gasteiger partial charge in [0.1, 0.15) is 34.6 Å². The first-order valence-electron chi connectivity index (χ1n) is 12.2. The molecule has 0 radical (unpaired) electrons. The Hall–Kier alpha value is -2.96. The molecule has 40 heavy (non-hydrogen) atoms. The minimum absolute atomic E-state index is 0.0344. The number of fused-ring (bicyclic) bond motifs is 3. The highest BCUT2D eigenvalue weighted by atomic mass is 35.5. The molecule has 3 aromatic carbocycles. The van der Waals surface area contributed by atoms with Crippen molar-refractivity contribution in [2.75, 3.05) is 13.2 Å². The van der Waals surface area contributed by atoms with Gasteiger partial charge in [-0.15, -0.1) is 13.2 Å². The van der Waals surface area contributed by atoms with Crippen molar-refractivity contribution in [3.63, 3.8) is 0 Å². The Morgan fingerprint density at radius 3 is 2.23 bits per heavy atom. The van der Waals surface area contributed by atoms with Crippen LogP contribution in [0, 0.1) is 0 Å². The van der Waals surface area contributed by atoms with E-state index in [0.29, 0.717) is 22.2 Å². The van der Waals surface area contributed by atoms with Gasteiger partial charge < -0.3 is 19.1 Å². The Balaban J connectivity index is 1.52. The molecule has 0 saturated heterocycles. The zero-order chi connectivity index (χ0) is 28.7. The number of rotatable bonds is 7. The molecule has 7 nitrogen and oxygen atoms in total. The predicted molar refractivity (Wildman–Crippen MR) is 150 cm³/mol. The maximum atomic E-state index is 14.1. The van der Waals surface area contributed by atoms with Gasteiger partial charge in [-0.25, -0.2) is 13.3 Å². The number of ether oxygens (including phenoxy) is 2. The molecule has 0 aliphatic carbocycles. The van der Waals surface area contributed by atoms with E-state index in [9.17, 15) is 22.5 Å². The molecule has 1 aromatic heterocycles. The molecule has 5 rings (SSSR count). The molecule has 1 aliphatic heterocycles. The second-order valence-electron chi connectivity index (χ2n) is 9.10. The van der Waals surface area contributed by atoms with E-state index in [-0.39, 0.29) is 18.0 Å². The Bertz CT molecular complexity index is 1660. The van der Waals surface area contributed by atoms with Gasteiger partial charge in [-0.1, -0.05) is 30.1 Å². The van der Waals surface area contributed by atoms with Gasteiger partial charge in [0.2, 0.25) is 0 Å². The Labute approximate surface area is 238 Å². The van der Waals surface area contributed by atoms with Crippen LogP contribution in [0.3, 0.4) is 0 Å². The third-order valence-corrected chi connectivity index (χ3v) is 8.85. The minimum atomic E-state index is -4.86. The summed E-state index contributed by atoms with van der Waals surface area (Å²) < 4.78 is 70.6. The summed E-state index contributed by atoms with van der Waals surface area (Å²) in [5.41, 5.74) is 1.86. The lowest BCUT2D eigenvalue weighted by molar-refractivity contribution is -0.274. The molecule has 0 bridgehead atoms. The van der Waals surface area contributed by atoms with Crippen LogP contribution in [0.25, 0.3) is 27.5 Å². The van der Waals surface area contributed by atoms with Crippen LogP contribution >= 0.6 is 23.2 Å². The number of benzene rings is 3. The van der Waals surface area contributed by atoms with E-state index in [1.807, 2.05) is 23.6 Å². The van der Waals surface area contributed by atoms with Crippen molar-refractivity contribution < 1.29 is 32.0 Å². The Kier molecular flexibility index (Phi) is 7.95. The number of nitrogens with zero attached hydrogens (tertiary/aromatic N) is 2. The fraction of sp³-hybridized carbons (Fsp3) is 0.259. The highest BCUT2D eigenvalue weighted by Gasteiger charge is 2.34. The van der Waals surface area contributed by atoms with Crippen LogP contribution in [0.4, 0.5) is 13.2 Å². The first-order chi connectivity index (χ1) is 19.0. The second kappa shape index (κ2) is 11.1. The van der Waals surface area contributed by atoms with Gasteiger partial charge in [-0.3, -0.25) is 0 Å². The molecule has 0 amide bonds. The maximum absolute atomic E-state index is 14.1. The molecule has 0 fully saturated rings. The van der Waals surface area contributed by atoms with E-state index in [4.69, 9.17) is 27.9 Å². The Morgan fingerprint density at radius 2 is 1.68 bits per heavy atom. The summed E-state index contributed by atoms with van der Waals surface area (Å²) >= 11 is 12.5. The molecule has 13 heteroatoms. The van der Waals surface area contributed by atoms with E-state index in [1.165, 1.54) is 18.4 Å². The molecule has 212 valence electrons. The van der Waals surface area contributed by atoms with Gasteiger partial charge in [0.15, 0.2) is 0 Å². The topological polar surface area (TPSA) is 85.1 Å². The number of hydrogen-bond acceptors (Lipinski definition) is 5. The number of aromatic nitrogens is 1. The number of aliphatic hydroxyl groups excluding tert-OH is 1. The normalized spacial score (nSPS) is 19.2. The van der Waals surface area contributed by atoms with E-state index in [2.05, 4.69) is 13.8 Å². The fourth-order valence-corrected chi connectivity index (χ4v) is 6.82. The van der Waals surface area contributed by atoms with Gasteiger partial charge in [0, 0.05) is 27.4 Å². The van der Waals surface area contributed by atoms with Crippen LogP contribution in [-0.4, -0.2) is 45.5 Å². The first kappa shape index (κ1) is 28.6. The van der Waals surface area contributed by atoms with Crippen molar-refractivity contribution >= 4 is 60.6 Å². The molecule has 1 aliphatic rings. The van der Waals surface area contributed by atoms with Crippen molar-refractivity contribution in [1.82, 2.24) is 9.29 Å². The molecule has 3 atom stereocenters. The second-order valence-corrected chi connectivity index (χ2v) is 12.0. The lowest BCUT2D eigenvalue weighted by Crippen LogP contribution is -2.48. The van der Waals surface area contributed by atoms with Crippen molar-refractivity contribution in [3.8, 4) is 5.75 Å². The number of alkyl halides is 3. The zero-order valence-electron chi connectivity index (χ0n) is 21.0. The van der Waals surface area contributed by atoms with E-state index >= 15 is 0 Å². The summed E-state index contributed by atoms with van der Waals surface area (Å²) in [6, 6.07) is 14.5. The molecule has 2 heterocycles. The maximum Gasteiger partial charge on any atom is 0.573 e. The quantitative estimate of drug-likeness (QED) is 0.235. The summed E-state index contributed by atoms with van der Waals surface area (Å²) in [4.78, 5) is 0.139. The third-order valence-electron chi connectivity index (χ3n) is 6.30. The van der Waals surface area contributed by atoms with Crippen molar-refractivity contribution in [3.05, 3.63) is 77.0 Å². The SMILES string of the molecule is CCCN=S(=O)(N[C@H]1COC=C(n2c3ccc(Cl)cc3c3cc(Cl)ccc32)[C@H]1O)c1ccc(OC(F)(F)F)cc1. The van der Waals surface area contributed by atoms with E-state index in [1.54, 1.807) is 24.3 Å². The average molecular weight is 614 g/mol. The molecule has 0 spiro atoms. The van der Waals surface area contributed by atoms with Gasteiger partial charge in [0.25, 0.3) is 0 Å². The summed E-state index contributed by atoms with van der Waals surface area (Å²) in [5.74, 6) is -0.452. The van der Waals surface area contributed by atoms with E-state index < -0.39 is 34.2 Å². The van der Waals surface area contributed by atoms with Crippen LogP contribution in [0.1, 0.15) is 13.3 Å². The smallest absolute Gasteiger partial charge is 0.497 e. The molecular formula is C27H24Cl2F3N3O4S. The first-order valence-corrected chi connectivity index (χ1v) is 14.5. The molecule has 2 N–H and O–H groups in total. The summed E-state index contributed by atoms with van der Waals surface area (Å²) in [7, 11) is -3.38. The number of halogens is 5. The zero-order valence-corrected chi connectivity index (χ0v) is 23.3. The number of hydrogen-bond donors (Lipinski definition) is 2. The van der Waals surface area contributed by atoms with Gasteiger partial charge in [0.05, 0.1) is 27.7 Å². The van der Waals surface area contributed by atoms with Crippen LogP contribution in [0.2, 0.25) is 10.0 Å². The largest absolute Gasteiger partial charge is 0.573 e. The van der Waals surface area contributed by atoms with Crippen LogP contribution in [0.5, 0.6) is 5.75 Å². The summed E-state index contributed by atoms with van der Waals surface area (Å²) in [5, 5.41) is 14.2. The number of aliphatic hydroxyl groups is 1. The number of nitrogens with one attached hydrogen (secondary N) is 1. The van der Waals surface area contributed by atoms with Crippen molar-refractivity contribution in [2.45, 2.75) is 36.7 Å². The highest BCUT2D eigenvalue weighted by Crippen LogP contribution is 2.37. The highest BCUT2D eigenvalue weighted by molar-refractivity contribution is 7.91. The summed E-state index contributed by atoms with van der Waals surface area (Å²) in [6.07, 6.45) is -4.04. The molecule has 4 aromatic rings. The molecule has 0 saturated carbocycles. The van der Waals surface area contributed by atoms with Crippen molar-refractivity contribution in [1.29, 1.82) is 0 Å². The summed E-state index contributed by atoms with van der Waals surface area (Å²) in [6.45, 7) is 2.03. The van der Waals surface area contributed by atoms with Crippen LogP contribution in [-0.2, 0) is 14.7 Å². The van der Waals surface area contributed by atoms with Gasteiger partial charge in [-0.2, -0.15) is 0 Å². The monoisotopic (exact) mass is 613 g/mol. The lowest BCUT2D eigenvalue weighted by Gasteiger charge is -2.31. The van der Waals surface area contributed by atoms with Gasteiger partial charge >= 0.3 is 6.36 Å². The molecule has 1 unspecified atom stereocenters. The minimum Gasteiger partial charge on any atom is -0.497 e. The van der Waals surface area contributed by atoms with E-state index in [0.717, 1.165) is 33.9 Å². The standard InChI is InChI=1S/C27H24Cl2F3N3O4S/c1-2-11-33-40(37,19-7-5-18(6-8-19)39-27(30,31)32)34-22-14-38-15-25(26(22)36)35-23-9-3-16(28)12-20(23)21-13-17(29)4-10-24(21)35/h3-10,12-13,15,22,26,36H,2,11,14H2,1H3,(H,33,34,37)/t22-,26-,40?/m0/s1. The predicted octanol–water partition coefficient (Wildman–Crippen LogP) is 7.00. The average Bonchev–Trinajstić information content (AvgIpc) is 3.20. The molecular weight excluding hydrogens is 590 g/mol. The third kappa shape index (κ3) is 5.75. The van der Waals surface area contributed by atoms with Crippen LogP contribution in [0.15, 0.2) is 76.2 Å².